The summed E-state index contributed by atoms with van der Waals surface area (Å²) < 4.78 is 1.67. The van der Waals surface area contributed by atoms with Crippen LogP contribution in [0.5, 0.6) is 0 Å². The lowest BCUT2D eigenvalue weighted by atomic mass is 10.4. The first-order valence-corrected chi connectivity index (χ1v) is 4.71. The first-order chi connectivity index (χ1) is 7.66. The zero-order chi connectivity index (χ0) is 11.5. The van der Waals surface area contributed by atoms with E-state index in [1.165, 1.54) is 6.33 Å². The van der Waals surface area contributed by atoms with Crippen LogP contribution in [0.25, 0.3) is 0 Å². The van der Waals surface area contributed by atoms with Crippen molar-refractivity contribution in [3.63, 3.8) is 0 Å². The number of anilines is 1. The number of nitrogen functional groups attached to an aromatic ring is 1. The number of nitrogens with zero attached hydrogens (tertiary/aromatic N) is 3. The van der Waals surface area contributed by atoms with Gasteiger partial charge < -0.3 is 15.6 Å². The van der Waals surface area contributed by atoms with Crippen molar-refractivity contribution in [3.05, 3.63) is 30.1 Å². The first-order valence-electron chi connectivity index (χ1n) is 4.71. The molecule has 7 nitrogen and oxygen atoms in total. The molecule has 2 aromatic heterocycles. The fourth-order valence-corrected chi connectivity index (χ4v) is 1.39. The molecule has 0 radical (unpaired) electrons. The van der Waals surface area contributed by atoms with E-state index in [-0.39, 0.29) is 5.91 Å². The minimum Gasteiger partial charge on any atom is -0.397 e. The number of H-pyrrole nitrogens is 1. The molecule has 84 valence electrons. The molecule has 0 unspecified atom stereocenters. The molecule has 0 aliphatic rings. The number of nitrogens with two attached hydrogens (primary N) is 1. The van der Waals surface area contributed by atoms with E-state index in [1.807, 2.05) is 0 Å². The second-order valence-corrected chi connectivity index (χ2v) is 3.38. The highest BCUT2D eigenvalue weighted by atomic mass is 16.1. The summed E-state index contributed by atoms with van der Waals surface area (Å²) in [5.74, 6) is 0.408. The zero-order valence-electron chi connectivity index (χ0n) is 8.77. The number of hydrogen-bond acceptors (Lipinski definition) is 4. The minimum atomic E-state index is -0.199. The van der Waals surface area contributed by atoms with Gasteiger partial charge in [0.05, 0.1) is 12.2 Å². The molecule has 0 atom stereocenters. The van der Waals surface area contributed by atoms with Crippen LogP contribution in [0.4, 0.5) is 5.69 Å². The van der Waals surface area contributed by atoms with E-state index in [0.717, 1.165) is 0 Å². The topological polar surface area (TPSA) is 102 Å². The van der Waals surface area contributed by atoms with E-state index in [4.69, 9.17) is 5.73 Å². The average molecular weight is 220 g/mol. The quantitative estimate of drug-likeness (QED) is 0.658. The van der Waals surface area contributed by atoms with Crippen molar-refractivity contribution in [1.29, 1.82) is 0 Å². The zero-order valence-corrected chi connectivity index (χ0v) is 8.77. The van der Waals surface area contributed by atoms with Crippen LogP contribution in [-0.4, -0.2) is 25.7 Å². The maximum Gasteiger partial charge on any atom is 0.268 e. The molecule has 0 aromatic carbocycles. The van der Waals surface area contributed by atoms with Crippen molar-refractivity contribution in [3.8, 4) is 0 Å². The molecule has 0 saturated heterocycles. The van der Waals surface area contributed by atoms with Crippen LogP contribution in [0.2, 0.25) is 0 Å². The Hall–Kier alpha value is -2.31. The molecule has 16 heavy (non-hydrogen) atoms. The average Bonchev–Trinajstić information content (AvgIpc) is 2.84. The summed E-state index contributed by atoms with van der Waals surface area (Å²) >= 11 is 0. The standard InChI is InChI=1S/C9H12N6O/c1-15-4-6(10)2-7(15)9(16)11-3-8-12-5-13-14-8/h2,4-5H,3,10H2,1H3,(H,11,16)(H,12,13,14). The molecule has 7 heteroatoms. The molecular weight excluding hydrogens is 208 g/mol. The van der Waals surface area contributed by atoms with Crippen LogP contribution in [0.15, 0.2) is 18.6 Å². The number of hydrogen-bond donors (Lipinski definition) is 3. The van der Waals surface area contributed by atoms with Crippen molar-refractivity contribution in [2.75, 3.05) is 5.73 Å². The second kappa shape index (κ2) is 4.05. The Morgan fingerprint density at radius 3 is 3.06 bits per heavy atom. The predicted octanol–water partition coefficient (Wildman–Crippen LogP) is -0.345. The van der Waals surface area contributed by atoms with Gasteiger partial charge in [-0.15, -0.1) is 0 Å². The monoisotopic (exact) mass is 220 g/mol. The third-order valence-corrected chi connectivity index (χ3v) is 2.14. The van der Waals surface area contributed by atoms with Crippen LogP contribution in [0.1, 0.15) is 16.3 Å². The lowest BCUT2D eigenvalue weighted by Gasteiger charge is -2.03. The number of carbonyl (C=O) groups is 1. The maximum atomic E-state index is 11.7. The molecule has 0 aliphatic heterocycles. The molecule has 0 aliphatic carbocycles. The Kier molecular flexibility index (Phi) is 2.59. The Labute approximate surface area is 91.7 Å². The van der Waals surface area contributed by atoms with E-state index in [9.17, 15) is 4.79 Å². The van der Waals surface area contributed by atoms with Gasteiger partial charge in [0.1, 0.15) is 17.8 Å². The van der Waals surface area contributed by atoms with E-state index >= 15 is 0 Å². The third-order valence-electron chi connectivity index (χ3n) is 2.14. The van der Waals surface area contributed by atoms with Gasteiger partial charge >= 0.3 is 0 Å². The Balaban J connectivity index is 2.01. The molecule has 0 spiro atoms. The smallest absolute Gasteiger partial charge is 0.268 e. The lowest BCUT2D eigenvalue weighted by molar-refractivity contribution is 0.0942. The summed E-state index contributed by atoms with van der Waals surface area (Å²) in [4.78, 5) is 15.6. The molecule has 0 fully saturated rings. The highest BCUT2D eigenvalue weighted by Crippen LogP contribution is 2.08. The second-order valence-electron chi connectivity index (χ2n) is 3.38. The van der Waals surface area contributed by atoms with Gasteiger partial charge in [-0.05, 0) is 6.07 Å². The summed E-state index contributed by atoms with van der Waals surface area (Å²) in [5.41, 5.74) is 6.65. The van der Waals surface area contributed by atoms with Crippen molar-refractivity contribution >= 4 is 11.6 Å². The number of aromatic amines is 1. The molecule has 4 N–H and O–H groups in total. The first kappa shape index (κ1) is 10.2. The summed E-state index contributed by atoms with van der Waals surface area (Å²) in [6, 6.07) is 1.62. The molecule has 0 bridgehead atoms. The molecule has 1 amide bonds. The van der Waals surface area contributed by atoms with Gasteiger partial charge in [0, 0.05) is 13.2 Å². The molecule has 0 saturated carbocycles. The van der Waals surface area contributed by atoms with Crippen LogP contribution >= 0.6 is 0 Å². The number of nitrogens with one attached hydrogen (secondary N) is 2. The highest BCUT2D eigenvalue weighted by Gasteiger charge is 2.10. The van der Waals surface area contributed by atoms with Gasteiger partial charge in [-0.25, -0.2) is 4.98 Å². The van der Waals surface area contributed by atoms with Crippen LogP contribution < -0.4 is 11.1 Å². The van der Waals surface area contributed by atoms with Crippen molar-refractivity contribution in [2.45, 2.75) is 6.54 Å². The Morgan fingerprint density at radius 1 is 1.69 bits per heavy atom. The predicted molar refractivity (Wildman–Crippen MR) is 57.4 cm³/mol. The Morgan fingerprint density at radius 2 is 2.50 bits per heavy atom. The fourth-order valence-electron chi connectivity index (χ4n) is 1.39. The third kappa shape index (κ3) is 2.02. The molecule has 2 aromatic rings. The van der Waals surface area contributed by atoms with Gasteiger partial charge in [0.15, 0.2) is 0 Å². The Bertz CT molecular complexity index is 486. The summed E-state index contributed by atoms with van der Waals surface area (Å²) in [6.07, 6.45) is 3.07. The van der Waals surface area contributed by atoms with Gasteiger partial charge in [0.2, 0.25) is 0 Å². The summed E-state index contributed by atoms with van der Waals surface area (Å²) in [7, 11) is 1.76. The SMILES string of the molecule is Cn1cc(N)cc1C(=O)NCc1ncn[nH]1. The summed E-state index contributed by atoms with van der Waals surface area (Å²) in [5, 5.41) is 9.04. The number of amides is 1. The highest BCUT2D eigenvalue weighted by molar-refractivity contribution is 5.93. The van der Waals surface area contributed by atoms with E-state index in [1.54, 1.807) is 23.9 Å². The number of rotatable bonds is 3. The summed E-state index contributed by atoms with van der Waals surface area (Å²) in [6.45, 7) is 0.309. The van der Waals surface area contributed by atoms with Gasteiger partial charge in [-0.3, -0.25) is 9.89 Å². The van der Waals surface area contributed by atoms with Crippen LogP contribution in [0, 0.1) is 0 Å². The van der Waals surface area contributed by atoms with Gasteiger partial charge in [-0.1, -0.05) is 0 Å². The maximum absolute atomic E-state index is 11.7. The normalized spacial score (nSPS) is 10.3. The van der Waals surface area contributed by atoms with Crippen LogP contribution in [-0.2, 0) is 13.6 Å². The fraction of sp³-hybridized carbons (Fsp3) is 0.222. The van der Waals surface area contributed by atoms with Gasteiger partial charge in [-0.2, -0.15) is 5.10 Å². The molecule has 2 heterocycles. The lowest BCUT2D eigenvalue weighted by Crippen LogP contribution is -2.25. The number of aryl methyl sites for hydroxylation is 1. The number of aromatic nitrogens is 4. The molecular formula is C9H12N6O. The van der Waals surface area contributed by atoms with Gasteiger partial charge in [0.25, 0.3) is 5.91 Å². The van der Waals surface area contributed by atoms with Crippen molar-refractivity contribution in [2.24, 2.45) is 7.05 Å². The van der Waals surface area contributed by atoms with Crippen LogP contribution in [0.3, 0.4) is 0 Å². The van der Waals surface area contributed by atoms with E-state index in [0.29, 0.717) is 23.8 Å². The van der Waals surface area contributed by atoms with E-state index < -0.39 is 0 Å². The molecule has 2 rings (SSSR count). The van der Waals surface area contributed by atoms with Crippen molar-refractivity contribution in [1.82, 2.24) is 25.1 Å². The van der Waals surface area contributed by atoms with Crippen molar-refractivity contribution < 1.29 is 4.79 Å². The largest absolute Gasteiger partial charge is 0.397 e. The van der Waals surface area contributed by atoms with E-state index in [2.05, 4.69) is 20.5 Å². The number of carbonyl (C=O) groups excluding carboxylic acids is 1. The minimum absolute atomic E-state index is 0.199.